The molecule has 0 bridgehead atoms. The van der Waals surface area contributed by atoms with Gasteiger partial charge in [0.25, 0.3) is 0 Å². The number of aromatic hydroxyl groups is 2. The highest BCUT2D eigenvalue weighted by molar-refractivity contribution is 5.91. The maximum Gasteiger partial charge on any atom is 0.221 e. The van der Waals surface area contributed by atoms with Crippen molar-refractivity contribution < 1.29 is 19.8 Å². The highest BCUT2D eigenvalue weighted by atomic mass is 35.5. The number of halogens is 2. The summed E-state index contributed by atoms with van der Waals surface area (Å²) in [7, 11) is 0. The first-order valence-electron chi connectivity index (χ1n) is 12.0. The number of nitrogens with one attached hydrogen (secondary N) is 4. The van der Waals surface area contributed by atoms with Crippen molar-refractivity contribution in [3.63, 3.8) is 0 Å². The van der Waals surface area contributed by atoms with Gasteiger partial charge in [0.05, 0.1) is 11.4 Å². The van der Waals surface area contributed by atoms with Gasteiger partial charge in [-0.15, -0.1) is 24.8 Å². The zero-order valence-electron chi connectivity index (χ0n) is 21.1. The van der Waals surface area contributed by atoms with Gasteiger partial charge in [-0.2, -0.15) is 0 Å². The summed E-state index contributed by atoms with van der Waals surface area (Å²) in [6, 6.07) is 10.6. The van der Waals surface area contributed by atoms with Crippen LogP contribution >= 0.6 is 24.8 Å². The summed E-state index contributed by atoms with van der Waals surface area (Å²) in [5, 5.41) is 31.7. The van der Waals surface area contributed by atoms with Crippen LogP contribution in [0.15, 0.2) is 36.4 Å². The van der Waals surface area contributed by atoms with Gasteiger partial charge in [-0.1, -0.05) is 25.0 Å². The van der Waals surface area contributed by atoms with Gasteiger partial charge < -0.3 is 31.5 Å². The number of unbranched alkanes of at least 4 members (excludes halogenated alkanes) is 3. The summed E-state index contributed by atoms with van der Waals surface area (Å²) >= 11 is 0. The minimum Gasteiger partial charge on any atom is -0.506 e. The van der Waals surface area contributed by atoms with Crippen molar-refractivity contribution in [1.82, 2.24) is 10.6 Å². The number of hydrogen-bond acceptors (Lipinski definition) is 6. The Morgan fingerprint density at radius 2 is 1.03 bits per heavy atom. The average Bonchev–Trinajstić information content (AvgIpc) is 2.78. The minimum absolute atomic E-state index is 0. The van der Waals surface area contributed by atoms with E-state index in [0.717, 1.165) is 63.0 Å². The lowest BCUT2D eigenvalue weighted by atomic mass is 10.1. The molecule has 10 heteroatoms. The molecule has 2 rings (SSSR count). The predicted molar refractivity (Wildman–Crippen MR) is 151 cm³/mol. The molecule has 0 radical (unpaired) electrons. The summed E-state index contributed by atoms with van der Waals surface area (Å²) in [5.74, 6) is -0.235. The van der Waals surface area contributed by atoms with Crippen LogP contribution in [0.2, 0.25) is 0 Å². The molecule has 0 aliphatic carbocycles. The average molecular weight is 544 g/mol. The molecular weight excluding hydrogens is 503 g/mol. The van der Waals surface area contributed by atoms with Gasteiger partial charge in [-0.05, 0) is 87.3 Å². The third kappa shape index (κ3) is 13.5. The van der Waals surface area contributed by atoms with Crippen LogP contribution in [0.5, 0.6) is 11.5 Å². The fourth-order valence-electron chi connectivity index (χ4n) is 3.63. The molecule has 0 atom stereocenters. The molecule has 0 unspecified atom stereocenters. The summed E-state index contributed by atoms with van der Waals surface area (Å²) < 4.78 is 0. The molecule has 0 spiro atoms. The Labute approximate surface area is 226 Å². The maximum absolute atomic E-state index is 11.2. The Morgan fingerprint density at radius 1 is 0.639 bits per heavy atom. The number of carbonyl (C=O) groups excluding carboxylic acids is 2. The van der Waals surface area contributed by atoms with E-state index in [1.807, 2.05) is 24.3 Å². The first-order valence-corrected chi connectivity index (χ1v) is 12.0. The Morgan fingerprint density at radius 3 is 1.39 bits per heavy atom. The summed E-state index contributed by atoms with van der Waals surface area (Å²) in [6.07, 6.45) is 6.30. The molecule has 36 heavy (non-hydrogen) atoms. The van der Waals surface area contributed by atoms with E-state index in [1.165, 1.54) is 26.7 Å². The molecule has 8 nitrogen and oxygen atoms in total. The van der Waals surface area contributed by atoms with Crippen molar-refractivity contribution in [3.05, 3.63) is 47.5 Å². The number of carbonyl (C=O) groups is 2. The Hall–Kier alpha value is -2.52. The van der Waals surface area contributed by atoms with Gasteiger partial charge in [-0.3, -0.25) is 9.59 Å². The van der Waals surface area contributed by atoms with Gasteiger partial charge in [0.2, 0.25) is 11.8 Å². The van der Waals surface area contributed by atoms with E-state index in [-0.39, 0.29) is 48.1 Å². The molecular formula is C26H40Cl2N4O4. The smallest absolute Gasteiger partial charge is 0.221 e. The Balaban J connectivity index is 0.00000612. The first-order chi connectivity index (χ1) is 16.3. The molecule has 6 N–H and O–H groups in total. The largest absolute Gasteiger partial charge is 0.506 e. The quantitative estimate of drug-likeness (QED) is 0.146. The summed E-state index contributed by atoms with van der Waals surface area (Å²) in [6.45, 7) is 6.50. The van der Waals surface area contributed by atoms with Gasteiger partial charge in [0, 0.05) is 13.8 Å². The van der Waals surface area contributed by atoms with E-state index in [2.05, 4.69) is 21.3 Å². The maximum atomic E-state index is 11.2. The number of amides is 2. The second-order valence-electron chi connectivity index (χ2n) is 8.48. The van der Waals surface area contributed by atoms with E-state index in [4.69, 9.17) is 0 Å². The molecule has 0 aromatic heterocycles. The number of rotatable bonds is 15. The molecule has 2 aromatic carbocycles. The lowest BCUT2D eigenvalue weighted by Crippen LogP contribution is -2.19. The van der Waals surface area contributed by atoms with Gasteiger partial charge in [0.15, 0.2) is 0 Å². The third-order valence-electron chi connectivity index (χ3n) is 5.38. The van der Waals surface area contributed by atoms with E-state index >= 15 is 0 Å². The van der Waals surface area contributed by atoms with Gasteiger partial charge in [0.1, 0.15) is 11.5 Å². The van der Waals surface area contributed by atoms with Gasteiger partial charge >= 0.3 is 0 Å². The Bertz CT molecular complexity index is 869. The fraction of sp³-hybridized carbons (Fsp3) is 0.462. The lowest BCUT2D eigenvalue weighted by molar-refractivity contribution is -0.115. The van der Waals surface area contributed by atoms with Crippen LogP contribution in [0.3, 0.4) is 0 Å². The zero-order valence-corrected chi connectivity index (χ0v) is 22.7. The van der Waals surface area contributed by atoms with Crippen LogP contribution in [-0.2, 0) is 22.4 Å². The van der Waals surface area contributed by atoms with Gasteiger partial charge in [-0.25, -0.2) is 0 Å². The number of hydrogen-bond donors (Lipinski definition) is 6. The zero-order chi connectivity index (χ0) is 24.8. The van der Waals surface area contributed by atoms with E-state index in [0.29, 0.717) is 11.4 Å². The molecule has 202 valence electrons. The van der Waals surface area contributed by atoms with Crippen LogP contribution in [0.1, 0.15) is 50.7 Å². The number of benzene rings is 2. The SMILES string of the molecule is CC(=O)Nc1cc(CCNCCCCCCNCCc2ccc(O)c(NC(C)=O)c2)ccc1O.Cl.Cl. The van der Waals surface area contributed by atoms with Crippen molar-refractivity contribution in [2.24, 2.45) is 0 Å². The van der Waals surface area contributed by atoms with Crippen molar-refractivity contribution in [1.29, 1.82) is 0 Å². The standard InChI is InChI=1S/C26H38N4O4.2ClH/c1-19(31)29-23-17-21(7-9-25(23)33)11-15-27-13-5-3-4-6-14-28-16-12-22-8-10-26(34)24(18-22)30-20(2)32;;/h7-10,17-18,27-28,33-34H,3-6,11-16H2,1-2H3,(H,29,31)(H,30,32);2*1H. The number of phenolic OH excluding ortho intramolecular Hbond substituents is 2. The van der Waals surface area contributed by atoms with Crippen molar-refractivity contribution in [3.8, 4) is 11.5 Å². The molecule has 0 aliphatic heterocycles. The normalized spacial score (nSPS) is 10.2. The van der Waals surface area contributed by atoms with E-state index in [1.54, 1.807) is 12.1 Å². The van der Waals surface area contributed by atoms with E-state index in [9.17, 15) is 19.8 Å². The van der Waals surface area contributed by atoms with Crippen LogP contribution in [-0.4, -0.2) is 48.2 Å². The number of phenols is 2. The highest BCUT2D eigenvalue weighted by Crippen LogP contribution is 2.25. The fourth-order valence-corrected chi connectivity index (χ4v) is 3.63. The minimum atomic E-state index is -0.199. The van der Waals surface area contributed by atoms with Crippen molar-refractivity contribution in [2.45, 2.75) is 52.4 Å². The predicted octanol–water partition coefficient (Wildman–Crippen LogP) is 4.38. The molecule has 0 saturated heterocycles. The summed E-state index contributed by atoms with van der Waals surface area (Å²) in [5.41, 5.74) is 3.05. The monoisotopic (exact) mass is 542 g/mol. The topological polar surface area (TPSA) is 123 Å². The van der Waals surface area contributed by atoms with Crippen LogP contribution in [0, 0.1) is 0 Å². The van der Waals surface area contributed by atoms with E-state index < -0.39 is 0 Å². The molecule has 0 heterocycles. The highest BCUT2D eigenvalue weighted by Gasteiger charge is 2.05. The molecule has 2 amide bonds. The Kier molecular flexibility index (Phi) is 17.4. The second kappa shape index (κ2) is 18.7. The summed E-state index contributed by atoms with van der Waals surface area (Å²) in [4.78, 5) is 22.4. The lowest BCUT2D eigenvalue weighted by Gasteiger charge is -2.10. The van der Waals surface area contributed by atoms with Crippen molar-refractivity contribution >= 4 is 48.0 Å². The van der Waals surface area contributed by atoms with Crippen LogP contribution in [0.25, 0.3) is 0 Å². The van der Waals surface area contributed by atoms with Crippen molar-refractivity contribution in [2.75, 3.05) is 36.8 Å². The molecule has 0 fully saturated rings. The van der Waals surface area contributed by atoms with Crippen LogP contribution in [0.4, 0.5) is 11.4 Å². The first kappa shape index (κ1) is 33.5. The third-order valence-corrected chi connectivity index (χ3v) is 5.38. The second-order valence-corrected chi connectivity index (χ2v) is 8.48. The van der Waals surface area contributed by atoms with Crippen LogP contribution < -0.4 is 21.3 Å². The number of anilines is 2. The molecule has 0 saturated carbocycles. The molecule has 2 aromatic rings. The molecule has 0 aliphatic rings.